The molecule has 0 radical (unpaired) electrons. The minimum atomic E-state index is -3.99. The van der Waals surface area contributed by atoms with Crippen LogP contribution in [0.4, 0.5) is 0 Å². The summed E-state index contributed by atoms with van der Waals surface area (Å²) in [6.45, 7) is 6.27. The van der Waals surface area contributed by atoms with Crippen LogP contribution in [0.25, 0.3) is 0 Å². The Hall–Kier alpha value is -1.07. The average molecular weight is 427 g/mol. The number of ether oxygens (including phenoxy) is 1. The molecule has 1 atom stereocenters. The lowest BCUT2D eigenvalue weighted by Crippen LogP contribution is -2.19. The van der Waals surface area contributed by atoms with Crippen LogP contribution in [0, 0.1) is 0 Å². The highest BCUT2D eigenvalue weighted by Crippen LogP contribution is 2.23. The highest BCUT2D eigenvalue weighted by atomic mass is 32.2. The van der Waals surface area contributed by atoms with E-state index < -0.39 is 15.4 Å². The Kier molecular flexibility index (Phi) is 13.3. The Morgan fingerprint density at radius 2 is 1.41 bits per heavy atom. The third kappa shape index (κ3) is 11.6. The fraction of sp³-hybridized carbons (Fsp3) is 0.750. The molecular weight excluding hydrogens is 384 g/mol. The van der Waals surface area contributed by atoms with E-state index in [0.29, 0.717) is 0 Å². The van der Waals surface area contributed by atoms with E-state index in [1.807, 2.05) is 6.07 Å². The molecule has 4 nitrogen and oxygen atoms in total. The van der Waals surface area contributed by atoms with Crippen LogP contribution in [0.1, 0.15) is 103 Å². The van der Waals surface area contributed by atoms with Gasteiger partial charge in [0.1, 0.15) is 5.75 Å². The summed E-state index contributed by atoms with van der Waals surface area (Å²) in [6, 6.07) is 6.32. The fourth-order valence-corrected chi connectivity index (χ4v) is 3.89. The Balaban J connectivity index is 2.64. The Morgan fingerprint density at radius 1 is 0.862 bits per heavy atom. The summed E-state index contributed by atoms with van der Waals surface area (Å²) in [5.41, 5.74) is 2.80. The lowest BCUT2D eigenvalue weighted by Gasteiger charge is -2.14. The summed E-state index contributed by atoms with van der Waals surface area (Å²) in [4.78, 5) is 0. The molecular formula is C24H42O4S. The number of rotatable bonds is 17. The predicted molar refractivity (Wildman–Crippen MR) is 122 cm³/mol. The van der Waals surface area contributed by atoms with Gasteiger partial charge in [-0.3, -0.25) is 4.55 Å². The number of hydrogen-bond donors (Lipinski definition) is 1. The molecule has 0 aromatic heterocycles. The molecule has 0 amide bonds. The second-order valence-electron chi connectivity index (χ2n) is 8.22. The van der Waals surface area contributed by atoms with E-state index in [4.69, 9.17) is 9.29 Å². The van der Waals surface area contributed by atoms with Crippen LogP contribution < -0.4 is 4.74 Å². The van der Waals surface area contributed by atoms with Gasteiger partial charge in [0.05, 0.1) is 11.9 Å². The van der Waals surface area contributed by atoms with Crippen LogP contribution in [0.2, 0.25) is 0 Å². The maximum atomic E-state index is 11.1. The van der Waals surface area contributed by atoms with Gasteiger partial charge in [0.15, 0.2) is 0 Å². The molecule has 0 aliphatic heterocycles. The van der Waals surface area contributed by atoms with E-state index in [1.165, 1.54) is 82.3 Å². The summed E-state index contributed by atoms with van der Waals surface area (Å²) >= 11 is 0. The molecule has 1 aromatic rings. The molecule has 0 aliphatic rings. The summed E-state index contributed by atoms with van der Waals surface area (Å²) in [5.74, 6) is 0.797. The maximum absolute atomic E-state index is 11.1. The number of aryl methyl sites for hydroxylation is 2. The van der Waals surface area contributed by atoms with E-state index in [9.17, 15) is 8.42 Å². The van der Waals surface area contributed by atoms with Gasteiger partial charge in [-0.05, 0) is 55.9 Å². The molecule has 5 heteroatoms. The van der Waals surface area contributed by atoms with Gasteiger partial charge in [-0.15, -0.1) is 0 Å². The zero-order valence-electron chi connectivity index (χ0n) is 18.8. The van der Waals surface area contributed by atoms with Crippen molar-refractivity contribution >= 4 is 10.1 Å². The van der Waals surface area contributed by atoms with E-state index in [1.54, 1.807) is 0 Å². The van der Waals surface area contributed by atoms with E-state index in [2.05, 4.69) is 26.0 Å². The number of hydrogen-bond acceptors (Lipinski definition) is 3. The van der Waals surface area contributed by atoms with Crippen molar-refractivity contribution in [2.45, 2.75) is 109 Å². The van der Waals surface area contributed by atoms with Crippen molar-refractivity contribution in [3.8, 4) is 5.75 Å². The minimum Gasteiger partial charge on any atom is -0.494 e. The molecule has 1 N–H and O–H groups in total. The first-order valence-corrected chi connectivity index (χ1v) is 13.1. The lowest BCUT2D eigenvalue weighted by molar-refractivity contribution is 0.306. The van der Waals surface area contributed by atoms with Crippen molar-refractivity contribution in [3.05, 3.63) is 29.3 Å². The summed E-state index contributed by atoms with van der Waals surface area (Å²) in [6.07, 6.45) is 15.2. The molecule has 1 aromatic carbocycles. The minimum absolute atomic E-state index is 0.282. The summed E-state index contributed by atoms with van der Waals surface area (Å²) in [5, 5.41) is -0.803. The van der Waals surface area contributed by atoms with E-state index in [-0.39, 0.29) is 13.0 Å². The molecule has 0 aliphatic carbocycles. The topological polar surface area (TPSA) is 63.6 Å². The molecule has 0 heterocycles. The van der Waals surface area contributed by atoms with Crippen molar-refractivity contribution in [1.29, 1.82) is 0 Å². The SMILES string of the molecule is CCCCCCCc1ccc(OCCC(C)S(=O)(=O)O)cc1CCCCCCC. The van der Waals surface area contributed by atoms with Crippen LogP contribution in [-0.4, -0.2) is 24.8 Å². The van der Waals surface area contributed by atoms with Gasteiger partial charge in [0, 0.05) is 6.42 Å². The quantitative estimate of drug-likeness (QED) is 0.221. The molecule has 0 fully saturated rings. The van der Waals surface area contributed by atoms with Crippen LogP contribution in [-0.2, 0) is 23.0 Å². The van der Waals surface area contributed by atoms with Crippen LogP contribution >= 0.6 is 0 Å². The molecule has 0 saturated heterocycles. The third-order valence-electron chi connectivity index (χ3n) is 5.58. The van der Waals surface area contributed by atoms with Crippen molar-refractivity contribution in [1.82, 2.24) is 0 Å². The Morgan fingerprint density at radius 3 is 1.97 bits per heavy atom. The number of benzene rings is 1. The van der Waals surface area contributed by atoms with Crippen molar-refractivity contribution in [2.24, 2.45) is 0 Å². The average Bonchev–Trinajstić information content (AvgIpc) is 2.68. The maximum Gasteiger partial charge on any atom is 0.267 e. The first kappa shape index (κ1) is 26.0. The van der Waals surface area contributed by atoms with Gasteiger partial charge in [-0.2, -0.15) is 8.42 Å². The summed E-state index contributed by atoms with van der Waals surface area (Å²) in [7, 11) is -3.99. The zero-order chi connectivity index (χ0) is 21.5. The smallest absolute Gasteiger partial charge is 0.267 e. The zero-order valence-corrected chi connectivity index (χ0v) is 19.6. The molecule has 0 saturated carbocycles. The summed E-state index contributed by atoms with van der Waals surface area (Å²) < 4.78 is 37.1. The molecule has 0 spiro atoms. The van der Waals surface area contributed by atoms with Gasteiger partial charge in [-0.1, -0.05) is 71.3 Å². The molecule has 1 unspecified atom stereocenters. The van der Waals surface area contributed by atoms with Crippen LogP contribution in [0.5, 0.6) is 5.75 Å². The van der Waals surface area contributed by atoms with Gasteiger partial charge < -0.3 is 4.74 Å². The Labute approximate surface area is 179 Å². The second kappa shape index (κ2) is 14.8. The standard InChI is InChI=1S/C24H42O4S/c1-4-6-8-10-12-14-22-16-17-24(28-19-18-21(3)29(25,26)27)20-23(22)15-13-11-9-7-5-2/h16-17,20-21H,4-15,18-19H2,1-3H3,(H,25,26,27). The Bertz CT molecular complexity index is 655. The number of unbranched alkanes of at least 4 members (excludes halogenated alkanes) is 8. The van der Waals surface area contributed by atoms with Crippen LogP contribution in [0.15, 0.2) is 18.2 Å². The molecule has 168 valence electrons. The van der Waals surface area contributed by atoms with Gasteiger partial charge >= 0.3 is 0 Å². The van der Waals surface area contributed by atoms with Gasteiger partial charge in [-0.25, -0.2) is 0 Å². The normalized spacial score (nSPS) is 12.8. The highest BCUT2D eigenvalue weighted by molar-refractivity contribution is 7.86. The highest BCUT2D eigenvalue weighted by Gasteiger charge is 2.17. The van der Waals surface area contributed by atoms with Gasteiger partial charge in [0.2, 0.25) is 0 Å². The van der Waals surface area contributed by atoms with E-state index in [0.717, 1.165) is 18.6 Å². The predicted octanol–water partition coefficient (Wildman–Crippen LogP) is 6.76. The fourth-order valence-electron chi connectivity index (χ4n) is 3.50. The van der Waals surface area contributed by atoms with E-state index >= 15 is 0 Å². The largest absolute Gasteiger partial charge is 0.494 e. The van der Waals surface area contributed by atoms with Gasteiger partial charge in [0.25, 0.3) is 10.1 Å². The monoisotopic (exact) mass is 426 g/mol. The van der Waals surface area contributed by atoms with Crippen molar-refractivity contribution in [3.63, 3.8) is 0 Å². The van der Waals surface area contributed by atoms with Crippen molar-refractivity contribution < 1.29 is 17.7 Å². The molecule has 0 bridgehead atoms. The second-order valence-corrected chi connectivity index (χ2v) is 10.1. The third-order valence-corrected chi connectivity index (χ3v) is 6.83. The van der Waals surface area contributed by atoms with Crippen LogP contribution in [0.3, 0.4) is 0 Å². The molecule has 29 heavy (non-hydrogen) atoms. The first-order valence-electron chi connectivity index (χ1n) is 11.6. The lowest BCUT2D eigenvalue weighted by atomic mass is 9.96. The first-order chi connectivity index (χ1) is 13.9. The molecule has 1 rings (SSSR count). The van der Waals surface area contributed by atoms with Crippen molar-refractivity contribution in [2.75, 3.05) is 6.61 Å².